The van der Waals surface area contributed by atoms with Gasteiger partial charge in [-0.3, -0.25) is 4.79 Å². The second-order valence-corrected chi connectivity index (χ2v) is 7.74. The summed E-state index contributed by atoms with van der Waals surface area (Å²) in [6.07, 6.45) is 4.52. The minimum Gasteiger partial charge on any atom is -0.344 e. The van der Waals surface area contributed by atoms with Crippen LogP contribution in [0, 0.1) is 5.82 Å². The molecular formula is C16H15FN6O3S. The molecule has 0 saturated heterocycles. The molecule has 140 valence electrons. The van der Waals surface area contributed by atoms with Crippen molar-refractivity contribution in [2.75, 3.05) is 6.26 Å². The first-order chi connectivity index (χ1) is 12.8. The van der Waals surface area contributed by atoms with Crippen molar-refractivity contribution in [1.29, 1.82) is 0 Å². The zero-order valence-corrected chi connectivity index (χ0v) is 15.2. The van der Waals surface area contributed by atoms with Gasteiger partial charge in [-0.1, -0.05) is 17.3 Å². The molecule has 0 aliphatic rings. The van der Waals surface area contributed by atoms with E-state index in [1.165, 1.54) is 23.0 Å². The molecule has 1 aromatic carbocycles. The maximum atomic E-state index is 12.9. The number of carbonyl (C=O) groups is 1. The van der Waals surface area contributed by atoms with Gasteiger partial charge in [0.1, 0.15) is 5.69 Å². The summed E-state index contributed by atoms with van der Waals surface area (Å²) >= 11 is 0. The van der Waals surface area contributed by atoms with E-state index in [1.807, 2.05) is 0 Å². The Labute approximate surface area is 154 Å². The highest BCUT2D eigenvalue weighted by molar-refractivity contribution is 7.90. The number of aromatic nitrogens is 5. The number of sulfone groups is 1. The lowest BCUT2D eigenvalue weighted by Crippen LogP contribution is -2.28. The topological polar surface area (TPSA) is 120 Å². The van der Waals surface area contributed by atoms with Crippen LogP contribution in [-0.4, -0.2) is 45.5 Å². The second kappa shape index (κ2) is 7.19. The summed E-state index contributed by atoms with van der Waals surface area (Å²) in [6.45, 7) is 1.67. The molecule has 3 rings (SSSR count). The molecule has 2 heterocycles. The van der Waals surface area contributed by atoms with Crippen LogP contribution >= 0.6 is 0 Å². The molecular weight excluding hydrogens is 375 g/mol. The fraction of sp³-hybridized carbons (Fsp3) is 0.188. The first kappa shape index (κ1) is 18.6. The fourth-order valence-corrected chi connectivity index (χ4v) is 3.21. The van der Waals surface area contributed by atoms with E-state index < -0.39 is 27.6 Å². The fourth-order valence-electron chi connectivity index (χ4n) is 2.32. The zero-order chi connectivity index (χ0) is 19.6. The van der Waals surface area contributed by atoms with Crippen LogP contribution in [0.4, 0.5) is 4.39 Å². The number of hydrogen-bond donors (Lipinski definition) is 1. The predicted molar refractivity (Wildman–Crippen MR) is 92.3 cm³/mol. The van der Waals surface area contributed by atoms with Crippen LogP contribution in [0.15, 0.2) is 47.8 Å². The van der Waals surface area contributed by atoms with E-state index in [1.54, 1.807) is 19.1 Å². The summed E-state index contributed by atoms with van der Waals surface area (Å²) in [5.74, 6) is -1.02. The predicted octanol–water partition coefficient (Wildman–Crippen LogP) is 1.09. The molecule has 9 nitrogen and oxygen atoms in total. The van der Waals surface area contributed by atoms with Gasteiger partial charge in [0, 0.05) is 6.26 Å². The molecule has 0 aliphatic heterocycles. The molecule has 0 bridgehead atoms. The van der Waals surface area contributed by atoms with Gasteiger partial charge in [0.15, 0.2) is 15.7 Å². The van der Waals surface area contributed by atoms with Crippen molar-refractivity contribution in [3.63, 3.8) is 0 Å². The third-order valence-electron chi connectivity index (χ3n) is 3.65. The van der Waals surface area contributed by atoms with Crippen molar-refractivity contribution in [2.45, 2.75) is 17.9 Å². The van der Waals surface area contributed by atoms with E-state index in [2.05, 4.69) is 25.6 Å². The van der Waals surface area contributed by atoms with Crippen LogP contribution in [0.5, 0.6) is 0 Å². The number of amides is 1. The van der Waals surface area contributed by atoms with Crippen LogP contribution in [0.3, 0.4) is 0 Å². The average Bonchev–Trinajstić information content (AvgIpc) is 3.12. The van der Waals surface area contributed by atoms with Crippen molar-refractivity contribution in [2.24, 2.45) is 0 Å². The van der Waals surface area contributed by atoms with Gasteiger partial charge >= 0.3 is 0 Å². The third-order valence-corrected chi connectivity index (χ3v) is 4.80. The lowest BCUT2D eigenvalue weighted by Gasteiger charge is -2.13. The van der Waals surface area contributed by atoms with Crippen molar-refractivity contribution in [3.05, 3.63) is 59.9 Å². The molecule has 0 aliphatic carbocycles. The summed E-state index contributed by atoms with van der Waals surface area (Å²) in [4.78, 5) is 20.0. The first-order valence-electron chi connectivity index (χ1n) is 7.76. The molecule has 0 spiro atoms. The van der Waals surface area contributed by atoms with Crippen molar-refractivity contribution in [1.82, 2.24) is 30.3 Å². The first-order valence-corrected chi connectivity index (χ1v) is 9.65. The Balaban J connectivity index is 1.79. The highest BCUT2D eigenvalue weighted by atomic mass is 32.2. The molecule has 3 aromatic rings. The average molecular weight is 390 g/mol. The van der Waals surface area contributed by atoms with Crippen molar-refractivity contribution >= 4 is 15.7 Å². The number of nitrogens with zero attached hydrogens (tertiary/aromatic N) is 5. The zero-order valence-electron chi connectivity index (χ0n) is 14.4. The summed E-state index contributed by atoms with van der Waals surface area (Å²) < 4.78 is 37.8. The molecule has 0 radical (unpaired) electrons. The van der Waals surface area contributed by atoms with Gasteiger partial charge in [0.05, 0.1) is 35.1 Å². The minimum atomic E-state index is -3.55. The van der Waals surface area contributed by atoms with Crippen LogP contribution in [0.2, 0.25) is 0 Å². The lowest BCUT2D eigenvalue weighted by molar-refractivity contribution is 0.0935. The Hall–Kier alpha value is -3.21. The van der Waals surface area contributed by atoms with Crippen LogP contribution in [0.25, 0.3) is 5.95 Å². The molecule has 1 atom stereocenters. The maximum absolute atomic E-state index is 12.9. The Morgan fingerprint density at radius 3 is 2.56 bits per heavy atom. The van der Waals surface area contributed by atoms with E-state index in [4.69, 9.17) is 0 Å². The van der Waals surface area contributed by atoms with Gasteiger partial charge in [0.2, 0.25) is 0 Å². The van der Waals surface area contributed by atoms with E-state index in [0.29, 0.717) is 5.69 Å². The van der Waals surface area contributed by atoms with E-state index in [9.17, 15) is 17.6 Å². The van der Waals surface area contributed by atoms with E-state index in [-0.39, 0.29) is 16.4 Å². The normalized spacial score (nSPS) is 12.6. The van der Waals surface area contributed by atoms with Crippen molar-refractivity contribution < 1.29 is 17.6 Å². The molecule has 1 N–H and O–H groups in total. The maximum Gasteiger partial charge on any atom is 0.253 e. The Kier molecular flexibility index (Phi) is 4.95. The molecule has 2 aromatic heterocycles. The number of carbonyl (C=O) groups excluding carboxylic acids is 1. The van der Waals surface area contributed by atoms with Crippen LogP contribution in [0.1, 0.15) is 29.0 Å². The number of nitrogens with one attached hydrogen (secondary N) is 1. The van der Waals surface area contributed by atoms with Gasteiger partial charge in [-0.15, -0.1) is 5.10 Å². The molecule has 1 amide bonds. The Bertz CT molecular complexity index is 1080. The SMILES string of the molecule is CC(NC(=O)c1ccccc1S(C)(=O)=O)c1cn(-c2ncc(F)cn2)nn1. The molecule has 1 unspecified atom stereocenters. The van der Waals surface area contributed by atoms with Gasteiger partial charge in [0.25, 0.3) is 11.9 Å². The molecule has 11 heteroatoms. The largest absolute Gasteiger partial charge is 0.344 e. The van der Waals surface area contributed by atoms with Crippen molar-refractivity contribution in [3.8, 4) is 5.95 Å². The van der Waals surface area contributed by atoms with E-state index >= 15 is 0 Å². The Morgan fingerprint density at radius 2 is 1.89 bits per heavy atom. The molecule has 27 heavy (non-hydrogen) atoms. The van der Waals surface area contributed by atoms with Crippen LogP contribution in [-0.2, 0) is 9.84 Å². The van der Waals surface area contributed by atoms with Gasteiger partial charge in [-0.25, -0.2) is 22.8 Å². The lowest BCUT2D eigenvalue weighted by atomic mass is 10.2. The molecule has 0 fully saturated rings. The quantitative estimate of drug-likeness (QED) is 0.692. The van der Waals surface area contributed by atoms with Crippen LogP contribution < -0.4 is 5.32 Å². The summed E-state index contributed by atoms with van der Waals surface area (Å²) in [7, 11) is -3.55. The second-order valence-electron chi connectivity index (χ2n) is 5.75. The summed E-state index contributed by atoms with van der Waals surface area (Å²) in [5.41, 5.74) is 0.439. The molecule has 0 saturated carbocycles. The third kappa shape index (κ3) is 4.14. The summed E-state index contributed by atoms with van der Waals surface area (Å²) in [6, 6.07) is 5.36. The monoisotopic (exact) mass is 390 g/mol. The van der Waals surface area contributed by atoms with Gasteiger partial charge < -0.3 is 5.32 Å². The number of benzene rings is 1. The highest BCUT2D eigenvalue weighted by Gasteiger charge is 2.21. The van der Waals surface area contributed by atoms with Gasteiger partial charge in [-0.05, 0) is 19.1 Å². The number of hydrogen-bond acceptors (Lipinski definition) is 7. The van der Waals surface area contributed by atoms with Gasteiger partial charge in [-0.2, -0.15) is 4.68 Å². The Morgan fingerprint density at radius 1 is 1.22 bits per heavy atom. The summed E-state index contributed by atoms with van der Waals surface area (Å²) in [5, 5.41) is 10.5. The minimum absolute atomic E-state index is 0.0427. The van der Waals surface area contributed by atoms with E-state index in [0.717, 1.165) is 18.6 Å². The highest BCUT2D eigenvalue weighted by Crippen LogP contribution is 2.17. The number of rotatable bonds is 5. The number of halogens is 1. The smallest absolute Gasteiger partial charge is 0.253 e. The standard InChI is InChI=1S/C16H15FN6O3S/c1-10(13-9-23(22-21-13)16-18-7-11(17)8-19-16)20-15(24)12-5-3-4-6-14(12)27(2,25)26/h3-10H,1-2H3,(H,20,24).